The highest BCUT2D eigenvalue weighted by molar-refractivity contribution is 7.85. The van der Waals surface area contributed by atoms with E-state index in [2.05, 4.69) is 0 Å². The second kappa shape index (κ2) is 11.2. The number of oxazole rings is 1. The molecule has 14 heteroatoms. The molecule has 2 heterocycles. The van der Waals surface area contributed by atoms with Crippen LogP contribution < -0.4 is 14.2 Å². The molecule has 0 atom stereocenters. The molecule has 10 nitrogen and oxygen atoms in total. The Morgan fingerprint density at radius 1 is 1.08 bits per heavy atom. The number of aromatic nitrogens is 1. The molecule has 0 amide bonds. The molecule has 3 aromatic rings. The lowest BCUT2D eigenvalue weighted by molar-refractivity contribution is -0.677. The molecule has 4 rings (SSSR count). The van der Waals surface area contributed by atoms with E-state index >= 15 is 0 Å². The highest BCUT2D eigenvalue weighted by Gasteiger charge is 2.27. The van der Waals surface area contributed by atoms with E-state index in [0.29, 0.717) is 49.9 Å². The third kappa shape index (κ3) is 7.28. The molecule has 0 fully saturated rings. The summed E-state index contributed by atoms with van der Waals surface area (Å²) in [5, 5.41) is 0.942. The first-order valence-corrected chi connectivity index (χ1v) is 15.4. The Balaban J connectivity index is 1.67. The lowest BCUT2D eigenvalue weighted by Gasteiger charge is -2.18. The van der Waals surface area contributed by atoms with Crippen molar-refractivity contribution >= 4 is 66.3 Å². The van der Waals surface area contributed by atoms with Crippen LogP contribution in [0.1, 0.15) is 25.7 Å². The third-order valence-electron chi connectivity index (χ3n) is 5.65. The van der Waals surface area contributed by atoms with E-state index in [9.17, 15) is 21.4 Å². The van der Waals surface area contributed by atoms with Gasteiger partial charge in [0.1, 0.15) is 0 Å². The number of benzene rings is 2. The van der Waals surface area contributed by atoms with Crippen molar-refractivity contribution in [3.63, 3.8) is 0 Å². The quantitative estimate of drug-likeness (QED) is 0.264. The van der Waals surface area contributed by atoms with E-state index in [0.717, 1.165) is 0 Å². The largest absolute Gasteiger partial charge is 0.748 e. The zero-order chi connectivity index (χ0) is 27.7. The summed E-state index contributed by atoms with van der Waals surface area (Å²) in [7, 11) is -8.50. The monoisotopic (exact) mass is 602 g/mol. The van der Waals surface area contributed by atoms with Crippen molar-refractivity contribution in [1.82, 2.24) is 0 Å². The summed E-state index contributed by atoms with van der Waals surface area (Å²) in [6.45, 7) is 2.24. The summed E-state index contributed by atoms with van der Waals surface area (Å²) in [4.78, 5) is 1.76. The second-order valence-corrected chi connectivity index (χ2v) is 12.7. The first-order valence-electron chi connectivity index (χ1n) is 11.4. The molecule has 0 bridgehead atoms. The minimum atomic E-state index is -4.37. The molecule has 0 saturated heterocycles. The summed E-state index contributed by atoms with van der Waals surface area (Å²) in [5.41, 5.74) is 2.50. The Morgan fingerprint density at radius 2 is 1.79 bits per heavy atom. The van der Waals surface area contributed by atoms with Gasteiger partial charge in [-0.2, -0.15) is 13.0 Å². The van der Waals surface area contributed by atoms with Gasteiger partial charge in [0.25, 0.3) is 15.6 Å². The summed E-state index contributed by atoms with van der Waals surface area (Å²) in [6.07, 6.45) is 3.68. The molecule has 1 aliphatic rings. The Bertz CT molecular complexity index is 1650. The fraction of sp³-hybridized carbons (Fsp3) is 0.292. The third-order valence-corrected chi connectivity index (χ3v) is 7.71. The van der Waals surface area contributed by atoms with E-state index < -0.39 is 31.7 Å². The smallest absolute Gasteiger partial charge is 0.374 e. The van der Waals surface area contributed by atoms with Crippen molar-refractivity contribution in [2.45, 2.75) is 26.3 Å². The van der Waals surface area contributed by atoms with Crippen LogP contribution in [0.4, 0.5) is 5.69 Å². The van der Waals surface area contributed by atoms with Gasteiger partial charge in [0.15, 0.2) is 12.3 Å². The zero-order valence-electron chi connectivity index (χ0n) is 20.1. The minimum Gasteiger partial charge on any atom is -0.748 e. The molecular weight excluding hydrogens is 579 g/mol. The zero-order valence-corrected chi connectivity index (χ0v) is 23.3. The van der Waals surface area contributed by atoms with Crippen molar-refractivity contribution in [3.05, 3.63) is 69.9 Å². The topological polar surface area (TPSA) is 141 Å². The number of anilines is 1. The number of ether oxygens (including phenoxy) is 1. The Hall–Kier alpha value is -2.61. The van der Waals surface area contributed by atoms with E-state index in [1.165, 1.54) is 0 Å². The maximum atomic E-state index is 11.2. The highest BCUT2D eigenvalue weighted by atomic mass is 35.5. The van der Waals surface area contributed by atoms with Gasteiger partial charge in [0.05, 0.1) is 27.6 Å². The minimum absolute atomic E-state index is 0.0827. The van der Waals surface area contributed by atoms with Gasteiger partial charge in [-0.3, -0.25) is 4.55 Å². The number of halogens is 2. The molecule has 2 aromatic carbocycles. The van der Waals surface area contributed by atoms with Crippen LogP contribution in [0.3, 0.4) is 0 Å². The highest BCUT2D eigenvalue weighted by Crippen LogP contribution is 2.41. The van der Waals surface area contributed by atoms with Crippen LogP contribution >= 0.6 is 23.2 Å². The standard InChI is InChI=1S/C24H24Cl2N2O8S2/c1-16(12-23-27(8-2-10-37(29,30)31)19-14-17(25)4-6-21(19)35-23)13-24-28(9-3-11-38(32,33)34)20-15-18(26)5-7-22(20)36-24/h4-7,12-15H,2-3,8-11H2,1H3,(H-,29,30,31,32,33,34). The fourth-order valence-electron chi connectivity index (χ4n) is 4.06. The van der Waals surface area contributed by atoms with Crippen LogP contribution in [0.25, 0.3) is 17.2 Å². The van der Waals surface area contributed by atoms with Crippen LogP contribution in [0.15, 0.2) is 58.3 Å². The van der Waals surface area contributed by atoms with E-state index in [1.807, 2.05) is 0 Å². The first kappa shape index (κ1) is 28.4. The van der Waals surface area contributed by atoms with E-state index in [1.54, 1.807) is 64.9 Å². The predicted molar refractivity (Wildman–Crippen MR) is 143 cm³/mol. The normalized spacial score (nSPS) is 15.3. The predicted octanol–water partition coefficient (Wildman–Crippen LogP) is 4.38. The van der Waals surface area contributed by atoms with Gasteiger partial charge in [-0.15, -0.1) is 0 Å². The Kier molecular flexibility index (Phi) is 8.40. The van der Waals surface area contributed by atoms with Crippen LogP contribution in [0, 0.1) is 0 Å². The molecule has 204 valence electrons. The average Bonchev–Trinajstić information content (AvgIpc) is 3.29. The van der Waals surface area contributed by atoms with Crippen molar-refractivity contribution in [2.24, 2.45) is 0 Å². The molecule has 1 N–H and O–H groups in total. The molecular formula is C24H24Cl2N2O8S2. The van der Waals surface area contributed by atoms with Crippen LogP contribution in [0.2, 0.25) is 10.0 Å². The van der Waals surface area contributed by atoms with Gasteiger partial charge in [-0.25, -0.2) is 8.42 Å². The summed E-state index contributed by atoms with van der Waals surface area (Å²) in [5.74, 6) is 0.410. The van der Waals surface area contributed by atoms with Gasteiger partial charge < -0.3 is 18.6 Å². The fourth-order valence-corrected chi connectivity index (χ4v) is 5.37. The molecule has 0 unspecified atom stereocenters. The van der Waals surface area contributed by atoms with Crippen molar-refractivity contribution in [2.75, 3.05) is 23.0 Å². The first-order chi connectivity index (χ1) is 17.8. The molecule has 0 spiro atoms. The van der Waals surface area contributed by atoms with Crippen LogP contribution in [-0.2, 0) is 26.8 Å². The number of hydrogen-bond donors (Lipinski definition) is 1. The molecule has 1 aromatic heterocycles. The SMILES string of the molecule is CC(=Cc1oc2ccc(Cl)cc2[n+]1CCCS(=O)(=O)[O-])C=C1Oc2ccc(Cl)cc2N1CCCS(=O)(=O)O. The summed E-state index contributed by atoms with van der Waals surface area (Å²) in [6, 6.07) is 10.1. The van der Waals surface area contributed by atoms with Crippen molar-refractivity contribution in [1.29, 1.82) is 0 Å². The summed E-state index contributed by atoms with van der Waals surface area (Å²) >= 11 is 12.3. The van der Waals surface area contributed by atoms with Crippen molar-refractivity contribution in [3.8, 4) is 5.75 Å². The van der Waals surface area contributed by atoms with Crippen molar-refractivity contribution < 1.29 is 39.7 Å². The Labute approximate surface area is 230 Å². The van der Waals surface area contributed by atoms with Gasteiger partial charge in [-0.05, 0) is 49.2 Å². The molecule has 0 radical (unpaired) electrons. The van der Waals surface area contributed by atoms with Gasteiger partial charge >= 0.3 is 5.89 Å². The molecule has 1 aliphatic heterocycles. The Morgan fingerprint density at radius 3 is 2.50 bits per heavy atom. The molecule has 0 saturated carbocycles. The number of hydrogen-bond acceptors (Lipinski definition) is 8. The number of aryl methyl sites for hydroxylation is 1. The van der Waals surface area contributed by atoms with Crippen LogP contribution in [0.5, 0.6) is 5.75 Å². The summed E-state index contributed by atoms with van der Waals surface area (Å²) < 4.78 is 78.6. The lowest BCUT2D eigenvalue weighted by Crippen LogP contribution is -2.36. The maximum absolute atomic E-state index is 11.2. The van der Waals surface area contributed by atoms with Gasteiger partial charge in [-0.1, -0.05) is 23.2 Å². The average molecular weight is 604 g/mol. The lowest BCUT2D eigenvalue weighted by atomic mass is 10.2. The number of allylic oxidation sites excluding steroid dienone is 2. The second-order valence-electron chi connectivity index (χ2n) is 8.70. The number of nitrogens with zero attached hydrogens (tertiary/aromatic N) is 2. The van der Waals surface area contributed by atoms with Gasteiger partial charge in [0, 0.05) is 40.9 Å². The van der Waals surface area contributed by atoms with Gasteiger partial charge in [0.2, 0.25) is 11.5 Å². The number of rotatable bonds is 10. The maximum Gasteiger partial charge on any atom is 0.374 e. The van der Waals surface area contributed by atoms with E-state index in [4.69, 9.17) is 36.9 Å². The van der Waals surface area contributed by atoms with E-state index in [-0.39, 0.29) is 25.9 Å². The molecule has 38 heavy (non-hydrogen) atoms. The number of fused-ring (bicyclic) bond motifs is 2. The van der Waals surface area contributed by atoms with Crippen LogP contribution in [-0.4, -0.2) is 44.0 Å². The molecule has 0 aliphatic carbocycles.